The van der Waals surface area contributed by atoms with E-state index in [9.17, 15) is 18.0 Å². The summed E-state index contributed by atoms with van der Waals surface area (Å²) in [6.07, 6.45) is -1.50. The van der Waals surface area contributed by atoms with Crippen LogP contribution >= 0.6 is 0 Å². The molecule has 2 aromatic rings. The van der Waals surface area contributed by atoms with Crippen molar-refractivity contribution in [3.8, 4) is 0 Å². The molecule has 2 saturated carbocycles. The second-order valence-electron chi connectivity index (χ2n) is 7.16. The Morgan fingerprint density at radius 2 is 1.92 bits per heavy atom. The lowest BCUT2D eigenvalue weighted by atomic mass is 10.1. The van der Waals surface area contributed by atoms with E-state index in [-0.39, 0.29) is 35.4 Å². The number of furan rings is 1. The van der Waals surface area contributed by atoms with E-state index in [1.165, 1.54) is 13.3 Å². The molecule has 2 aliphatic carbocycles. The summed E-state index contributed by atoms with van der Waals surface area (Å²) in [5.41, 5.74) is -2.02. The largest absolute Gasteiger partial charge is 0.442 e. The number of halogens is 3. The zero-order valence-electron chi connectivity index (χ0n) is 13.8. The zero-order chi connectivity index (χ0) is 18.0. The van der Waals surface area contributed by atoms with Gasteiger partial charge in [-0.25, -0.2) is 9.97 Å². The molecule has 0 aromatic carbocycles. The minimum absolute atomic E-state index is 0.0536. The Morgan fingerprint density at radius 1 is 1.24 bits per heavy atom. The van der Waals surface area contributed by atoms with Crippen LogP contribution in [0.5, 0.6) is 0 Å². The molecular formula is C16H17F3N4O2. The number of alkyl halides is 3. The maximum Gasteiger partial charge on any atom is 0.411 e. The fourth-order valence-electron chi connectivity index (χ4n) is 2.89. The number of aryl methyl sites for hydroxylation is 1. The SMILES string of the molecule is Cc1oc2ncnc(NC3(C)CC3)c2c1C(=O)NC1(C(F)(F)F)CC1. The van der Waals surface area contributed by atoms with E-state index in [2.05, 4.69) is 20.6 Å². The van der Waals surface area contributed by atoms with E-state index in [0.29, 0.717) is 11.2 Å². The molecule has 2 N–H and O–H groups in total. The van der Waals surface area contributed by atoms with Gasteiger partial charge in [0, 0.05) is 5.54 Å². The van der Waals surface area contributed by atoms with Crippen molar-refractivity contribution in [2.24, 2.45) is 0 Å². The van der Waals surface area contributed by atoms with Crippen LogP contribution in [0.1, 0.15) is 48.7 Å². The van der Waals surface area contributed by atoms with Crippen molar-refractivity contribution in [3.63, 3.8) is 0 Å². The minimum Gasteiger partial charge on any atom is -0.442 e. The Kier molecular flexibility index (Phi) is 3.14. The highest BCUT2D eigenvalue weighted by atomic mass is 19.4. The third-order valence-electron chi connectivity index (χ3n) is 4.96. The lowest BCUT2D eigenvalue weighted by Crippen LogP contribution is -2.48. The number of hydrogen-bond acceptors (Lipinski definition) is 5. The summed E-state index contributed by atoms with van der Waals surface area (Å²) in [6.45, 7) is 3.54. The number of carbonyl (C=O) groups is 1. The van der Waals surface area contributed by atoms with Gasteiger partial charge in [0.15, 0.2) is 0 Å². The fourth-order valence-corrected chi connectivity index (χ4v) is 2.89. The lowest BCUT2D eigenvalue weighted by molar-refractivity contribution is -0.163. The number of aromatic nitrogens is 2. The summed E-state index contributed by atoms with van der Waals surface area (Å²) in [5, 5.41) is 5.70. The molecule has 9 heteroatoms. The number of fused-ring (bicyclic) bond motifs is 1. The van der Waals surface area contributed by atoms with E-state index >= 15 is 0 Å². The molecule has 0 aliphatic heterocycles. The summed E-state index contributed by atoms with van der Waals surface area (Å²) in [6, 6.07) is 0. The maximum absolute atomic E-state index is 13.1. The lowest BCUT2D eigenvalue weighted by Gasteiger charge is -2.20. The highest BCUT2D eigenvalue weighted by molar-refractivity contribution is 6.10. The number of carbonyl (C=O) groups excluding carboxylic acids is 1. The Labute approximate surface area is 141 Å². The molecular weight excluding hydrogens is 337 g/mol. The van der Waals surface area contributed by atoms with Crippen LogP contribution in [0.25, 0.3) is 11.1 Å². The minimum atomic E-state index is -4.48. The van der Waals surface area contributed by atoms with Gasteiger partial charge in [-0.1, -0.05) is 0 Å². The number of nitrogens with one attached hydrogen (secondary N) is 2. The molecule has 0 spiro atoms. The van der Waals surface area contributed by atoms with Gasteiger partial charge in [-0.3, -0.25) is 4.79 Å². The normalized spacial score (nSPS) is 20.4. The highest BCUT2D eigenvalue weighted by Gasteiger charge is 2.64. The van der Waals surface area contributed by atoms with Gasteiger partial charge in [-0.15, -0.1) is 0 Å². The third-order valence-corrected chi connectivity index (χ3v) is 4.96. The summed E-state index contributed by atoms with van der Waals surface area (Å²) >= 11 is 0. The summed E-state index contributed by atoms with van der Waals surface area (Å²) in [5.74, 6) is -0.191. The van der Waals surface area contributed by atoms with Gasteiger partial charge < -0.3 is 15.1 Å². The first-order valence-electron chi connectivity index (χ1n) is 8.06. The molecule has 2 heterocycles. The number of amides is 1. The van der Waals surface area contributed by atoms with Crippen LogP contribution in [0.3, 0.4) is 0 Å². The Hall–Kier alpha value is -2.32. The molecule has 134 valence electrons. The van der Waals surface area contributed by atoms with Crippen LogP contribution in [0.2, 0.25) is 0 Å². The van der Waals surface area contributed by atoms with Crippen molar-refractivity contribution < 1.29 is 22.4 Å². The maximum atomic E-state index is 13.1. The van der Waals surface area contributed by atoms with Gasteiger partial charge in [-0.05, 0) is 39.5 Å². The first-order valence-corrected chi connectivity index (χ1v) is 8.06. The second kappa shape index (κ2) is 4.86. The third kappa shape index (κ3) is 2.61. The molecule has 6 nitrogen and oxygen atoms in total. The van der Waals surface area contributed by atoms with Crippen LogP contribution in [0.15, 0.2) is 10.7 Å². The first kappa shape index (κ1) is 16.2. The summed E-state index contributed by atoms with van der Waals surface area (Å²) in [4.78, 5) is 20.8. The van der Waals surface area contributed by atoms with Crippen LogP contribution in [0.4, 0.5) is 19.0 Å². The average molecular weight is 354 g/mol. The molecule has 2 fully saturated rings. The number of anilines is 1. The van der Waals surface area contributed by atoms with Gasteiger partial charge in [-0.2, -0.15) is 13.2 Å². The molecule has 25 heavy (non-hydrogen) atoms. The molecule has 0 unspecified atom stereocenters. The fraction of sp³-hybridized carbons (Fsp3) is 0.562. The Morgan fingerprint density at radius 3 is 2.48 bits per heavy atom. The van der Waals surface area contributed by atoms with E-state index < -0.39 is 17.6 Å². The van der Waals surface area contributed by atoms with E-state index in [0.717, 1.165) is 12.8 Å². The standard InChI is InChI=1S/C16H17F3N4O2/c1-8-9(12(24)23-15(5-6-15)16(17,18)19)10-11(22-14(2)3-4-14)20-7-21-13(10)25-8/h7H,3-6H2,1-2H3,(H,23,24)(H,20,21,22). The summed E-state index contributed by atoms with van der Waals surface area (Å²) in [7, 11) is 0. The molecule has 0 bridgehead atoms. The number of hydrogen-bond donors (Lipinski definition) is 2. The van der Waals surface area contributed by atoms with Crippen molar-refractivity contribution in [2.75, 3.05) is 5.32 Å². The van der Waals surface area contributed by atoms with E-state index in [1.54, 1.807) is 0 Å². The van der Waals surface area contributed by atoms with Gasteiger partial charge in [0.1, 0.15) is 23.4 Å². The van der Waals surface area contributed by atoms with Crippen molar-refractivity contribution in [3.05, 3.63) is 17.7 Å². The van der Waals surface area contributed by atoms with Crippen molar-refractivity contribution in [2.45, 2.75) is 56.8 Å². The number of rotatable bonds is 4. The van der Waals surface area contributed by atoms with E-state index in [4.69, 9.17) is 4.42 Å². The topological polar surface area (TPSA) is 80.1 Å². The molecule has 4 rings (SSSR count). The summed E-state index contributed by atoms with van der Waals surface area (Å²) < 4.78 is 44.9. The molecule has 1 amide bonds. The van der Waals surface area contributed by atoms with E-state index in [1.807, 2.05) is 6.92 Å². The van der Waals surface area contributed by atoms with Crippen LogP contribution in [-0.2, 0) is 0 Å². The van der Waals surface area contributed by atoms with Gasteiger partial charge >= 0.3 is 6.18 Å². The Balaban J connectivity index is 1.74. The van der Waals surface area contributed by atoms with Gasteiger partial charge in [0.05, 0.1) is 10.9 Å². The van der Waals surface area contributed by atoms with Crippen molar-refractivity contribution in [1.82, 2.24) is 15.3 Å². The predicted molar refractivity (Wildman–Crippen MR) is 83.3 cm³/mol. The van der Waals surface area contributed by atoms with Gasteiger partial charge in [0.25, 0.3) is 5.91 Å². The molecule has 2 aliphatic rings. The molecule has 0 atom stereocenters. The quantitative estimate of drug-likeness (QED) is 0.880. The average Bonchev–Trinajstić information content (AvgIpc) is 3.39. The van der Waals surface area contributed by atoms with Crippen molar-refractivity contribution >= 4 is 22.8 Å². The molecule has 2 aromatic heterocycles. The molecule has 0 radical (unpaired) electrons. The van der Waals surface area contributed by atoms with Gasteiger partial charge in [0.2, 0.25) is 5.71 Å². The zero-order valence-corrected chi connectivity index (χ0v) is 13.8. The smallest absolute Gasteiger partial charge is 0.411 e. The van der Waals surface area contributed by atoms with Crippen molar-refractivity contribution in [1.29, 1.82) is 0 Å². The first-order chi connectivity index (χ1) is 11.6. The Bertz CT molecular complexity index is 866. The second-order valence-corrected chi connectivity index (χ2v) is 7.16. The molecule has 0 saturated heterocycles. The monoisotopic (exact) mass is 354 g/mol. The van der Waals surface area contributed by atoms with Crippen LogP contribution in [-0.4, -0.2) is 33.1 Å². The highest BCUT2D eigenvalue weighted by Crippen LogP contribution is 2.49. The number of nitrogens with zero attached hydrogens (tertiary/aromatic N) is 2. The van der Waals surface area contributed by atoms with Crippen LogP contribution in [0, 0.1) is 6.92 Å². The predicted octanol–water partition coefficient (Wildman–Crippen LogP) is 3.32. The van der Waals surface area contributed by atoms with Crippen LogP contribution < -0.4 is 10.6 Å².